The molecule has 0 amide bonds. The van der Waals surface area contributed by atoms with Crippen molar-refractivity contribution in [2.24, 2.45) is 5.41 Å². The van der Waals surface area contributed by atoms with Crippen LogP contribution in [0.1, 0.15) is 38.3 Å². The lowest BCUT2D eigenvalue weighted by Crippen LogP contribution is -2.36. The molecule has 1 aliphatic heterocycles. The van der Waals surface area contributed by atoms with Crippen molar-refractivity contribution in [3.63, 3.8) is 0 Å². The van der Waals surface area contributed by atoms with Crippen LogP contribution in [0.4, 0.5) is 5.95 Å². The van der Waals surface area contributed by atoms with E-state index in [9.17, 15) is 4.79 Å². The number of anilines is 1. The number of fused-ring (bicyclic) bond motifs is 1. The number of halogens is 2. The van der Waals surface area contributed by atoms with Crippen LogP contribution in [0, 0.1) is 5.41 Å². The summed E-state index contributed by atoms with van der Waals surface area (Å²) in [4.78, 5) is 18.3. The molecule has 0 bridgehead atoms. The van der Waals surface area contributed by atoms with E-state index in [1.807, 2.05) is 18.2 Å². The lowest BCUT2D eigenvalue weighted by atomic mass is 9.73. The van der Waals surface area contributed by atoms with Crippen molar-refractivity contribution in [1.29, 1.82) is 0 Å². The second-order valence-electron chi connectivity index (χ2n) is 9.65. The normalized spacial score (nSPS) is 18.3. The number of nitrogens with one attached hydrogen (secondary N) is 1. The number of carbonyl (C=O) groups is 1. The van der Waals surface area contributed by atoms with Gasteiger partial charge in [-0.1, -0.05) is 37.0 Å². The Labute approximate surface area is 219 Å². The van der Waals surface area contributed by atoms with Gasteiger partial charge in [-0.25, -0.2) is 4.68 Å². The minimum atomic E-state index is -0.544. The second kappa shape index (κ2) is 9.01. The number of hydrogen-bond donors (Lipinski definition) is 1. The van der Waals surface area contributed by atoms with Gasteiger partial charge in [0, 0.05) is 23.3 Å². The van der Waals surface area contributed by atoms with E-state index in [4.69, 9.17) is 47.5 Å². The molecular formula is C26H26Cl2N4O4. The Bertz CT molecular complexity index is 1390. The Balaban J connectivity index is 1.73. The summed E-state index contributed by atoms with van der Waals surface area (Å²) >= 11 is 12.4. The number of hydrogen-bond acceptors (Lipinski definition) is 7. The van der Waals surface area contributed by atoms with Gasteiger partial charge in [0.2, 0.25) is 11.7 Å². The number of ether oxygens (including phenoxy) is 3. The molecule has 2 aliphatic rings. The molecule has 1 aromatic heterocycles. The fraction of sp³-hybridized carbons (Fsp3) is 0.346. The average molecular weight is 529 g/mol. The Hall–Kier alpha value is -3.23. The first-order chi connectivity index (χ1) is 17.2. The second-order valence-corrected chi connectivity index (χ2v) is 10.5. The fourth-order valence-corrected chi connectivity index (χ4v) is 5.23. The quantitative estimate of drug-likeness (QED) is 0.438. The van der Waals surface area contributed by atoms with Crippen molar-refractivity contribution in [2.75, 3.05) is 26.6 Å². The van der Waals surface area contributed by atoms with E-state index in [1.54, 1.807) is 38.1 Å². The summed E-state index contributed by atoms with van der Waals surface area (Å²) < 4.78 is 18.4. The van der Waals surface area contributed by atoms with Crippen LogP contribution in [-0.4, -0.2) is 41.9 Å². The highest BCUT2D eigenvalue weighted by molar-refractivity contribution is 6.42. The Kier molecular flexibility index (Phi) is 6.12. The number of carbonyl (C=O) groups excluding carboxylic acids is 1. The third kappa shape index (κ3) is 4.08. The van der Waals surface area contributed by atoms with Crippen LogP contribution in [0.2, 0.25) is 10.0 Å². The van der Waals surface area contributed by atoms with Gasteiger partial charge in [0.05, 0.1) is 31.4 Å². The SMILES string of the molecule is COc1cc(C2C3=C(CC(C)(C)CC3=O)Nc3nc(-c4ccc(Cl)c(Cl)c4)nn32)cc(OC)c1OC. The summed E-state index contributed by atoms with van der Waals surface area (Å²) in [6.45, 7) is 4.18. The molecule has 36 heavy (non-hydrogen) atoms. The Morgan fingerprint density at radius 3 is 2.31 bits per heavy atom. The lowest BCUT2D eigenvalue weighted by Gasteiger charge is -2.38. The molecule has 5 rings (SSSR count). The maximum Gasteiger partial charge on any atom is 0.226 e. The molecule has 0 saturated heterocycles. The van der Waals surface area contributed by atoms with E-state index in [2.05, 4.69) is 19.2 Å². The van der Waals surface area contributed by atoms with Gasteiger partial charge >= 0.3 is 0 Å². The van der Waals surface area contributed by atoms with Crippen molar-refractivity contribution < 1.29 is 19.0 Å². The van der Waals surface area contributed by atoms with Gasteiger partial charge in [0.25, 0.3) is 0 Å². The zero-order valence-corrected chi connectivity index (χ0v) is 22.1. The molecule has 0 fully saturated rings. The summed E-state index contributed by atoms with van der Waals surface area (Å²) in [5.41, 5.74) is 2.79. The molecule has 10 heteroatoms. The summed E-state index contributed by atoms with van der Waals surface area (Å²) in [5, 5.41) is 9.04. The van der Waals surface area contributed by atoms with Crippen molar-refractivity contribution in [3.8, 4) is 28.6 Å². The molecule has 1 aliphatic carbocycles. The fourth-order valence-electron chi connectivity index (χ4n) is 4.93. The number of methoxy groups -OCH3 is 3. The third-order valence-electron chi connectivity index (χ3n) is 6.51. The van der Waals surface area contributed by atoms with Crippen LogP contribution in [0.15, 0.2) is 41.6 Å². The van der Waals surface area contributed by atoms with Crippen molar-refractivity contribution in [1.82, 2.24) is 14.8 Å². The molecule has 0 saturated carbocycles. The first-order valence-electron chi connectivity index (χ1n) is 11.4. The third-order valence-corrected chi connectivity index (χ3v) is 7.25. The molecule has 0 spiro atoms. The molecule has 0 radical (unpaired) electrons. The first kappa shape index (κ1) is 24.5. The van der Waals surface area contributed by atoms with E-state index < -0.39 is 6.04 Å². The minimum absolute atomic E-state index is 0.0599. The molecule has 3 aromatic rings. The molecule has 1 atom stereocenters. The molecule has 1 N–H and O–H groups in total. The standard InChI is InChI=1S/C26H26Cl2N4O4/c1-26(2)11-17-21(18(33)12-26)22(14-9-19(34-3)23(36-5)20(10-14)35-4)32-25(29-17)30-24(31-32)13-6-7-15(27)16(28)8-13/h6-10,22H,11-12H2,1-5H3,(H,29,30,31). The van der Waals surface area contributed by atoms with Crippen LogP contribution < -0.4 is 19.5 Å². The highest BCUT2D eigenvalue weighted by Gasteiger charge is 2.42. The zero-order valence-electron chi connectivity index (χ0n) is 20.6. The Morgan fingerprint density at radius 2 is 1.69 bits per heavy atom. The number of rotatable bonds is 5. The van der Waals surface area contributed by atoms with Crippen LogP contribution in [0.5, 0.6) is 17.2 Å². The van der Waals surface area contributed by atoms with Gasteiger partial charge in [-0.15, -0.1) is 5.10 Å². The maximum atomic E-state index is 13.5. The van der Waals surface area contributed by atoms with E-state index in [-0.39, 0.29) is 11.2 Å². The van der Waals surface area contributed by atoms with E-state index >= 15 is 0 Å². The topological polar surface area (TPSA) is 87.5 Å². The number of ketones is 1. The van der Waals surface area contributed by atoms with Gasteiger partial charge in [-0.2, -0.15) is 4.98 Å². The van der Waals surface area contributed by atoms with Gasteiger partial charge in [-0.3, -0.25) is 4.79 Å². The number of benzene rings is 2. The summed E-state index contributed by atoms with van der Waals surface area (Å²) in [6.07, 6.45) is 1.13. The highest BCUT2D eigenvalue weighted by atomic mass is 35.5. The minimum Gasteiger partial charge on any atom is -0.493 e. The van der Waals surface area contributed by atoms with E-state index in [0.717, 1.165) is 11.3 Å². The predicted octanol–water partition coefficient (Wildman–Crippen LogP) is 5.94. The number of allylic oxidation sites excluding steroid dienone is 2. The Morgan fingerprint density at radius 1 is 1.00 bits per heavy atom. The van der Waals surface area contributed by atoms with Crippen LogP contribution in [-0.2, 0) is 4.79 Å². The molecule has 2 heterocycles. The number of Topliss-reactive ketones (excluding diaryl/α,β-unsaturated/α-hetero) is 1. The highest BCUT2D eigenvalue weighted by Crippen LogP contribution is 2.48. The molecule has 188 valence electrons. The number of nitrogens with zero attached hydrogens (tertiary/aromatic N) is 3. The zero-order chi connectivity index (χ0) is 25.8. The summed E-state index contributed by atoms with van der Waals surface area (Å²) in [5.74, 6) is 2.49. The molecule has 8 nitrogen and oxygen atoms in total. The first-order valence-corrected chi connectivity index (χ1v) is 12.2. The van der Waals surface area contributed by atoms with E-state index in [1.165, 1.54) is 0 Å². The van der Waals surface area contributed by atoms with Gasteiger partial charge in [0.1, 0.15) is 6.04 Å². The smallest absolute Gasteiger partial charge is 0.226 e. The lowest BCUT2D eigenvalue weighted by molar-refractivity contribution is -0.118. The van der Waals surface area contributed by atoms with Gasteiger partial charge in [-0.05, 0) is 47.7 Å². The predicted molar refractivity (Wildman–Crippen MR) is 138 cm³/mol. The van der Waals surface area contributed by atoms with Gasteiger partial charge in [0.15, 0.2) is 23.1 Å². The van der Waals surface area contributed by atoms with Crippen molar-refractivity contribution >= 4 is 34.9 Å². The average Bonchev–Trinajstić information content (AvgIpc) is 3.26. The summed E-state index contributed by atoms with van der Waals surface area (Å²) in [6, 6.07) is 8.39. The maximum absolute atomic E-state index is 13.5. The van der Waals surface area contributed by atoms with Crippen LogP contribution in [0.3, 0.4) is 0 Å². The van der Waals surface area contributed by atoms with E-state index in [0.29, 0.717) is 63.0 Å². The van der Waals surface area contributed by atoms with Gasteiger partial charge < -0.3 is 19.5 Å². The largest absolute Gasteiger partial charge is 0.493 e. The molecule has 1 unspecified atom stereocenters. The molecular weight excluding hydrogens is 503 g/mol. The van der Waals surface area contributed by atoms with Crippen LogP contribution >= 0.6 is 23.2 Å². The molecule has 2 aromatic carbocycles. The monoisotopic (exact) mass is 528 g/mol. The van der Waals surface area contributed by atoms with Crippen LogP contribution in [0.25, 0.3) is 11.4 Å². The van der Waals surface area contributed by atoms with Crippen molar-refractivity contribution in [3.05, 3.63) is 57.2 Å². The summed E-state index contributed by atoms with van der Waals surface area (Å²) in [7, 11) is 4.68. The number of aromatic nitrogens is 3. The van der Waals surface area contributed by atoms with Crippen molar-refractivity contribution in [2.45, 2.75) is 32.7 Å².